The number of aliphatic hydroxyl groups is 1. The van der Waals surface area contributed by atoms with Gasteiger partial charge in [0.05, 0.1) is 12.1 Å². The quantitative estimate of drug-likeness (QED) is 0.899. The molecule has 4 nitrogen and oxygen atoms in total. The number of halogens is 1. The van der Waals surface area contributed by atoms with E-state index in [4.69, 9.17) is 11.6 Å². The van der Waals surface area contributed by atoms with E-state index in [0.717, 1.165) is 30.8 Å². The van der Waals surface area contributed by atoms with Crippen LogP contribution in [0.5, 0.6) is 0 Å². The molecule has 0 aliphatic carbocycles. The van der Waals surface area contributed by atoms with E-state index in [1.165, 1.54) is 0 Å². The van der Waals surface area contributed by atoms with Crippen LogP contribution >= 0.6 is 11.6 Å². The van der Waals surface area contributed by atoms with E-state index < -0.39 is 0 Å². The molecule has 1 heterocycles. The topological polar surface area (TPSA) is 52.6 Å². The van der Waals surface area contributed by atoms with Gasteiger partial charge in [0.15, 0.2) is 0 Å². The third-order valence-electron chi connectivity index (χ3n) is 4.32. The highest BCUT2D eigenvalue weighted by atomic mass is 35.5. The lowest BCUT2D eigenvalue weighted by Crippen LogP contribution is -2.41. The van der Waals surface area contributed by atoms with Crippen molar-refractivity contribution < 1.29 is 9.90 Å². The van der Waals surface area contributed by atoms with E-state index in [1.54, 1.807) is 6.07 Å². The van der Waals surface area contributed by atoms with Gasteiger partial charge in [-0.15, -0.1) is 0 Å². The number of carbonyl (C=O) groups is 1. The van der Waals surface area contributed by atoms with Crippen LogP contribution in [0, 0.1) is 12.8 Å². The lowest BCUT2D eigenvalue weighted by molar-refractivity contribution is -0.120. The molecular formula is C16H23ClN2O2. The summed E-state index contributed by atoms with van der Waals surface area (Å²) in [6.45, 7) is 7.27. The van der Waals surface area contributed by atoms with E-state index in [-0.39, 0.29) is 24.0 Å². The molecule has 2 N–H and O–H groups in total. The Morgan fingerprint density at radius 2 is 2.19 bits per heavy atom. The van der Waals surface area contributed by atoms with Crippen LogP contribution in [0.2, 0.25) is 5.02 Å². The standard InChI is InChI=1S/C16H23ClN2O2/c1-10-4-5-14(17)8-15(10)18-16(21)11(2)19-7-6-13(9-19)12(3)20/h4-5,8,11-13,20H,6-7,9H2,1-3H3,(H,18,21). The van der Waals surface area contributed by atoms with Gasteiger partial charge in [-0.3, -0.25) is 9.69 Å². The van der Waals surface area contributed by atoms with E-state index >= 15 is 0 Å². The van der Waals surface area contributed by atoms with E-state index in [9.17, 15) is 9.90 Å². The highest BCUT2D eigenvalue weighted by Crippen LogP contribution is 2.24. The second-order valence-electron chi connectivity index (χ2n) is 5.91. The molecule has 0 aromatic heterocycles. The highest BCUT2D eigenvalue weighted by Gasteiger charge is 2.31. The zero-order valence-corrected chi connectivity index (χ0v) is 13.5. The van der Waals surface area contributed by atoms with Crippen molar-refractivity contribution in [2.75, 3.05) is 18.4 Å². The number of hydrogen-bond donors (Lipinski definition) is 2. The number of amides is 1. The van der Waals surface area contributed by atoms with Crippen LogP contribution in [0.3, 0.4) is 0 Å². The fraction of sp³-hybridized carbons (Fsp3) is 0.562. The minimum atomic E-state index is -0.319. The van der Waals surface area contributed by atoms with Gasteiger partial charge in [0.25, 0.3) is 0 Å². The summed E-state index contributed by atoms with van der Waals surface area (Å²) in [5.41, 5.74) is 1.74. The van der Waals surface area contributed by atoms with Gasteiger partial charge in [0.2, 0.25) is 5.91 Å². The average molecular weight is 311 g/mol. The van der Waals surface area contributed by atoms with Gasteiger partial charge in [0.1, 0.15) is 0 Å². The Morgan fingerprint density at radius 1 is 1.48 bits per heavy atom. The zero-order chi connectivity index (χ0) is 15.6. The van der Waals surface area contributed by atoms with Gasteiger partial charge in [-0.25, -0.2) is 0 Å². The molecule has 2 rings (SSSR count). The maximum absolute atomic E-state index is 12.4. The molecule has 5 heteroatoms. The maximum Gasteiger partial charge on any atom is 0.241 e. The molecule has 1 aliphatic rings. The summed E-state index contributed by atoms with van der Waals surface area (Å²) in [6, 6.07) is 5.25. The Hall–Kier alpha value is -1.10. The summed E-state index contributed by atoms with van der Waals surface area (Å²) < 4.78 is 0. The molecule has 0 radical (unpaired) electrons. The van der Waals surface area contributed by atoms with Crippen molar-refractivity contribution in [2.45, 2.75) is 39.3 Å². The first-order chi connectivity index (χ1) is 9.88. The molecule has 0 spiro atoms. The third kappa shape index (κ3) is 3.96. The summed E-state index contributed by atoms with van der Waals surface area (Å²) >= 11 is 5.97. The Labute approximate surface area is 131 Å². The van der Waals surface area contributed by atoms with Crippen molar-refractivity contribution in [1.82, 2.24) is 4.90 Å². The lowest BCUT2D eigenvalue weighted by Gasteiger charge is -2.24. The largest absolute Gasteiger partial charge is 0.393 e. The number of aryl methyl sites for hydroxylation is 1. The molecule has 3 unspecified atom stereocenters. The van der Waals surface area contributed by atoms with Crippen molar-refractivity contribution in [3.63, 3.8) is 0 Å². The van der Waals surface area contributed by atoms with Crippen LogP contribution in [0.4, 0.5) is 5.69 Å². The smallest absolute Gasteiger partial charge is 0.241 e. The van der Waals surface area contributed by atoms with Crippen molar-refractivity contribution in [3.8, 4) is 0 Å². The summed E-state index contributed by atoms with van der Waals surface area (Å²) in [5.74, 6) is 0.222. The first kappa shape index (κ1) is 16.3. The molecule has 3 atom stereocenters. The molecule has 1 aliphatic heterocycles. The number of hydrogen-bond acceptors (Lipinski definition) is 3. The Morgan fingerprint density at radius 3 is 2.81 bits per heavy atom. The van der Waals surface area contributed by atoms with E-state index in [0.29, 0.717) is 5.02 Å². The number of carbonyl (C=O) groups excluding carboxylic acids is 1. The van der Waals surface area contributed by atoms with Crippen LogP contribution < -0.4 is 5.32 Å². The second-order valence-corrected chi connectivity index (χ2v) is 6.35. The monoisotopic (exact) mass is 310 g/mol. The van der Waals surface area contributed by atoms with Crippen molar-refractivity contribution >= 4 is 23.2 Å². The molecule has 116 valence electrons. The van der Waals surface area contributed by atoms with E-state index in [2.05, 4.69) is 10.2 Å². The number of nitrogens with zero attached hydrogens (tertiary/aromatic N) is 1. The van der Waals surface area contributed by atoms with Crippen LogP contribution in [0.15, 0.2) is 18.2 Å². The summed E-state index contributed by atoms with van der Waals surface area (Å²) in [7, 11) is 0. The lowest BCUT2D eigenvalue weighted by atomic mass is 10.0. The third-order valence-corrected chi connectivity index (χ3v) is 4.56. The van der Waals surface area contributed by atoms with Gasteiger partial charge < -0.3 is 10.4 Å². The predicted octanol–water partition coefficient (Wildman–Crippen LogP) is 2.68. The fourth-order valence-corrected chi connectivity index (χ4v) is 2.86. The summed E-state index contributed by atoms with van der Waals surface area (Å²) in [6.07, 6.45) is 0.617. The van der Waals surface area contributed by atoms with Gasteiger partial charge in [-0.2, -0.15) is 0 Å². The number of aliphatic hydroxyl groups excluding tert-OH is 1. The van der Waals surface area contributed by atoms with Crippen molar-refractivity contribution in [2.24, 2.45) is 5.92 Å². The number of likely N-dealkylation sites (tertiary alicyclic amines) is 1. The molecular weight excluding hydrogens is 288 g/mol. The van der Waals surface area contributed by atoms with Crippen LogP contribution in [-0.2, 0) is 4.79 Å². The fourth-order valence-electron chi connectivity index (χ4n) is 2.69. The van der Waals surface area contributed by atoms with Crippen molar-refractivity contribution in [3.05, 3.63) is 28.8 Å². The first-order valence-corrected chi connectivity index (χ1v) is 7.75. The van der Waals surface area contributed by atoms with Crippen LogP contribution in [0.25, 0.3) is 0 Å². The molecule has 1 aromatic carbocycles. The number of anilines is 1. The summed E-state index contributed by atoms with van der Waals surface area (Å²) in [4.78, 5) is 14.5. The molecule has 0 bridgehead atoms. The van der Waals surface area contributed by atoms with Gasteiger partial charge in [0, 0.05) is 17.3 Å². The van der Waals surface area contributed by atoms with Crippen LogP contribution in [0.1, 0.15) is 25.8 Å². The number of nitrogens with one attached hydrogen (secondary N) is 1. The normalized spacial score (nSPS) is 22.0. The molecule has 1 fully saturated rings. The number of benzene rings is 1. The Balaban J connectivity index is 1.99. The molecule has 21 heavy (non-hydrogen) atoms. The molecule has 1 saturated heterocycles. The second kappa shape index (κ2) is 6.77. The zero-order valence-electron chi connectivity index (χ0n) is 12.8. The molecule has 0 saturated carbocycles. The predicted molar refractivity (Wildman–Crippen MR) is 85.6 cm³/mol. The summed E-state index contributed by atoms with van der Waals surface area (Å²) in [5, 5.41) is 13.2. The SMILES string of the molecule is Cc1ccc(Cl)cc1NC(=O)C(C)N1CCC(C(C)O)C1. The minimum Gasteiger partial charge on any atom is -0.393 e. The van der Waals surface area contributed by atoms with Crippen LogP contribution in [-0.4, -0.2) is 41.1 Å². The highest BCUT2D eigenvalue weighted by molar-refractivity contribution is 6.31. The first-order valence-electron chi connectivity index (χ1n) is 7.37. The Kier molecular flexibility index (Phi) is 5.25. The number of rotatable bonds is 4. The van der Waals surface area contributed by atoms with Gasteiger partial charge >= 0.3 is 0 Å². The minimum absolute atomic E-state index is 0.0355. The van der Waals surface area contributed by atoms with Crippen molar-refractivity contribution in [1.29, 1.82) is 0 Å². The average Bonchev–Trinajstić information content (AvgIpc) is 2.91. The maximum atomic E-state index is 12.4. The van der Waals surface area contributed by atoms with Gasteiger partial charge in [-0.1, -0.05) is 17.7 Å². The molecule has 1 amide bonds. The van der Waals surface area contributed by atoms with E-state index in [1.807, 2.05) is 32.9 Å². The molecule has 1 aromatic rings. The Bertz CT molecular complexity index is 519. The van der Waals surface area contributed by atoms with Gasteiger partial charge in [-0.05, 0) is 57.4 Å².